The third-order valence-corrected chi connectivity index (χ3v) is 8.46. The van der Waals surface area contributed by atoms with Crippen molar-refractivity contribution >= 4 is 47.1 Å². The largest absolute Gasteiger partial charge is 0.459 e. The zero-order valence-corrected chi connectivity index (χ0v) is 27.1. The second-order valence-electron chi connectivity index (χ2n) is 11.6. The van der Waals surface area contributed by atoms with E-state index in [2.05, 4.69) is 10.1 Å². The lowest BCUT2D eigenvalue weighted by molar-refractivity contribution is -0.131. The molecule has 2 unspecified atom stereocenters. The van der Waals surface area contributed by atoms with Gasteiger partial charge in [-0.3, -0.25) is 4.52 Å². The molecule has 0 aliphatic carbocycles. The molecule has 0 bridgehead atoms. The number of nitrogen functional groups attached to an aromatic ring is 1. The fourth-order valence-corrected chi connectivity index (χ4v) is 6.29. The number of benzene rings is 2. The summed E-state index contributed by atoms with van der Waals surface area (Å²) >= 11 is 6.04. The van der Waals surface area contributed by atoms with E-state index < -0.39 is 26.2 Å². The smallest absolute Gasteiger partial charge is 0.413 e. The Morgan fingerprint density at radius 1 is 1.12 bits per heavy atom. The normalized spacial score (nSPS) is 15.8. The van der Waals surface area contributed by atoms with Crippen LogP contribution in [0.4, 0.5) is 5.82 Å². The molecule has 4 atom stereocenters. The SMILES string of the molecule is CCOCc1nc2c(N)nc3ccccc3c2n1C[C@@H](C)OP(=O)(N[C@@H](C)C(O)OCC(C)(C)C)Oc1ccc(Cl)cc1. The molecule has 2 heterocycles. The van der Waals surface area contributed by atoms with Crippen LogP contribution in [0.15, 0.2) is 48.5 Å². The molecule has 2 aromatic carbocycles. The van der Waals surface area contributed by atoms with E-state index in [1.165, 1.54) is 0 Å². The van der Waals surface area contributed by atoms with Crippen LogP contribution in [0.2, 0.25) is 5.02 Å². The summed E-state index contributed by atoms with van der Waals surface area (Å²) in [5.41, 5.74) is 8.19. The third kappa shape index (κ3) is 8.67. The highest BCUT2D eigenvalue weighted by Gasteiger charge is 2.35. The number of hydrogen-bond acceptors (Lipinski definition) is 9. The van der Waals surface area contributed by atoms with Crippen molar-refractivity contribution < 1.29 is 28.2 Å². The van der Waals surface area contributed by atoms with Crippen LogP contribution >= 0.6 is 19.3 Å². The third-order valence-electron chi connectivity index (χ3n) is 6.40. The van der Waals surface area contributed by atoms with Crippen molar-refractivity contribution in [1.82, 2.24) is 19.6 Å². The van der Waals surface area contributed by atoms with Crippen molar-refractivity contribution in [1.29, 1.82) is 0 Å². The second-order valence-corrected chi connectivity index (χ2v) is 13.7. The van der Waals surface area contributed by atoms with Gasteiger partial charge in [0, 0.05) is 17.0 Å². The molecule has 0 aliphatic rings. The molecule has 234 valence electrons. The molecule has 0 amide bonds. The van der Waals surface area contributed by atoms with Gasteiger partial charge in [0.2, 0.25) is 0 Å². The molecule has 0 saturated heterocycles. The Morgan fingerprint density at radius 2 is 1.81 bits per heavy atom. The van der Waals surface area contributed by atoms with E-state index in [9.17, 15) is 9.67 Å². The van der Waals surface area contributed by atoms with Gasteiger partial charge in [0.05, 0.1) is 36.3 Å². The Morgan fingerprint density at radius 3 is 2.49 bits per heavy atom. The molecule has 4 N–H and O–H groups in total. The summed E-state index contributed by atoms with van der Waals surface area (Å²) in [5.74, 6) is 1.20. The molecule has 4 rings (SSSR count). The average molecular weight is 634 g/mol. The first kappa shape index (κ1) is 33.1. The summed E-state index contributed by atoms with van der Waals surface area (Å²) in [7, 11) is -4.09. The minimum absolute atomic E-state index is 0.176. The highest BCUT2D eigenvalue weighted by atomic mass is 35.5. The van der Waals surface area contributed by atoms with Gasteiger partial charge in [-0.25, -0.2) is 19.6 Å². The molecule has 43 heavy (non-hydrogen) atoms. The zero-order valence-electron chi connectivity index (χ0n) is 25.4. The van der Waals surface area contributed by atoms with Crippen LogP contribution in [-0.4, -0.2) is 51.3 Å². The highest BCUT2D eigenvalue weighted by Crippen LogP contribution is 2.47. The average Bonchev–Trinajstić information content (AvgIpc) is 3.29. The van der Waals surface area contributed by atoms with Gasteiger partial charge in [-0.1, -0.05) is 50.6 Å². The van der Waals surface area contributed by atoms with E-state index in [-0.39, 0.29) is 24.3 Å². The number of pyridine rings is 1. The van der Waals surface area contributed by atoms with E-state index in [0.29, 0.717) is 35.4 Å². The number of nitrogens with zero attached hydrogens (tertiary/aromatic N) is 3. The number of aromatic nitrogens is 3. The quantitative estimate of drug-likeness (QED) is 0.107. The first-order valence-electron chi connectivity index (χ1n) is 14.2. The summed E-state index contributed by atoms with van der Waals surface area (Å²) in [5, 5.41) is 14.9. The number of para-hydroxylation sites is 1. The van der Waals surface area contributed by atoms with E-state index >= 15 is 0 Å². The van der Waals surface area contributed by atoms with Gasteiger partial charge < -0.3 is 29.4 Å². The maximum Gasteiger partial charge on any atom is 0.459 e. The number of halogens is 1. The van der Waals surface area contributed by atoms with Crippen molar-refractivity contribution in [3.63, 3.8) is 0 Å². The summed E-state index contributed by atoms with van der Waals surface area (Å²) in [6.45, 7) is 12.6. The molecule has 0 radical (unpaired) electrons. The standard InChI is InChI=1S/C30H41ClN5O6P/c1-7-39-17-25-34-26-27(23-10-8-9-11-24(23)33-28(26)32)36(25)16-19(2)41-43(38,42-22-14-12-21(31)13-15-22)35-20(3)29(37)40-18-30(4,5)6/h8-15,19-20,29,37H,7,16-18H2,1-6H3,(H2,32,33)(H,35,38)/t19-,20+,29?,43?/m1/s1. The Kier molecular flexibility index (Phi) is 10.7. The number of imidazole rings is 1. The lowest BCUT2D eigenvalue weighted by Crippen LogP contribution is -2.40. The number of ether oxygens (including phenoxy) is 2. The molecule has 0 saturated carbocycles. The van der Waals surface area contributed by atoms with Crippen molar-refractivity contribution in [2.24, 2.45) is 5.41 Å². The van der Waals surface area contributed by atoms with Gasteiger partial charge in [-0.2, -0.15) is 0 Å². The van der Waals surface area contributed by atoms with Crippen LogP contribution in [0.3, 0.4) is 0 Å². The topological polar surface area (TPSA) is 143 Å². The van der Waals surface area contributed by atoms with Crippen molar-refractivity contribution in [3.8, 4) is 5.75 Å². The van der Waals surface area contributed by atoms with Gasteiger partial charge in [0.15, 0.2) is 12.1 Å². The van der Waals surface area contributed by atoms with Gasteiger partial charge in [0.1, 0.15) is 23.7 Å². The second kappa shape index (κ2) is 13.9. The summed E-state index contributed by atoms with van der Waals surface area (Å²) in [6, 6.07) is 13.3. The molecule has 4 aromatic rings. The molecule has 2 aromatic heterocycles. The minimum atomic E-state index is -4.09. The van der Waals surface area contributed by atoms with Crippen LogP contribution in [0.1, 0.15) is 47.4 Å². The maximum absolute atomic E-state index is 14.3. The summed E-state index contributed by atoms with van der Waals surface area (Å²) in [6.07, 6.45) is -1.94. The monoisotopic (exact) mass is 633 g/mol. The number of nitrogens with one attached hydrogen (secondary N) is 1. The predicted octanol–water partition coefficient (Wildman–Crippen LogP) is 6.31. The van der Waals surface area contributed by atoms with Gasteiger partial charge in [0.25, 0.3) is 0 Å². The first-order valence-corrected chi connectivity index (χ1v) is 16.1. The number of aliphatic hydroxyl groups is 1. The van der Waals surface area contributed by atoms with E-state index in [4.69, 9.17) is 40.8 Å². The zero-order chi connectivity index (χ0) is 31.4. The molecule has 0 spiro atoms. The highest BCUT2D eigenvalue weighted by molar-refractivity contribution is 7.52. The van der Waals surface area contributed by atoms with Crippen molar-refractivity contribution in [3.05, 3.63) is 59.4 Å². The fraction of sp³-hybridized carbons (Fsp3) is 0.467. The number of nitrogens with two attached hydrogens (primary N) is 1. The van der Waals surface area contributed by atoms with E-state index in [1.54, 1.807) is 38.1 Å². The van der Waals surface area contributed by atoms with Crippen LogP contribution in [0.5, 0.6) is 5.75 Å². The van der Waals surface area contributed by atoms with Crippen molar-refractivity contribution in [2.45, 2.75) is 73.1 Å². The molecule has 0 fully saturated rings. The van der Waals surface area contributed by atoms with E-state index in [1.807, 2.05) is 56.5 Å². The minimum Gasteiger partial charge on any atom is -0.413 e. The van der Waals surface area contributed by atoms with Crippen molar-refractivity contribution in [2.75, 3.05) is 18.9 Å². The first-order chi connectivity index (χ1) is 20.3. The Hall–Kier alpha value is -2.76. The Bertz CT molecular complexity index is 1580. The van der Waals surface area contributed by atoms with Crippen LogP contribution in [0.25, 0.3) is 21.9 Å². The summed E-state index contributed by atoms with van der Waals surface area (Å²) < 4.78 is 39.6. The van der Waals surface area contributed by atoms with Gasteiger partial charge >= 0.3 is 7.75 Å². The number of rotatable bonds is 14. The number of hydrogen-bond donors (Lipinski definition) is 3. The Labute approximate surface area is 257 Å². The van der Waals surface area contributed by atoms with Gasteiger partial charge in [-0.05, 0) is 56.5 Å². The Balaban J connectivity index is 1.65. The lowest BCUT2D eigenvalue weighted by Gasteiger charge is -2.29. The predicted molar refractivity (Wildman–Crippen MR) is 169 cm³/mol. The van der Waals surface area contributed by atoms with Crippen LogP contribution < -0.4 is 15.3 Å². The molecule has 0 aliphatic heterocycles. The van der Waals surface area contributed by atoms with Crippen LogP contribution in [0, 0.1) is 5.41 Å². The maximum atomic E-state index is 14.3. The van der Waals surface area contributed by atoms with Gasteiger partial charge in [-0.15, -0.1) is 0 Å². The van der Waals surface area contributed by atoms with E-state index in [0.717, 1.165) is 16.4 Å². The number of anilines is 1. The fourth-order valence-electron chi connectivity index (χ4n) is 4.44. The lowest BCUT2D eigenvalue weighted by atomic mass is 9.99. The van der Waals surface area contributed by atoms with Crippen LogP contribution in [-0.2, 0) is 31.7 Å². The molecular weight excluding hydrogens is 593 g/mol. The molecular formula is C30H41ClN5O6P. The molecule has 11 nitrogen and oxygen atoms in total. The summed E-state index contributed by atoms with van der Waals surface area (Å²) in [4.78, 5) is 9.27. The number of aliphatic hydroxyl groups excluding tert-OH is 1. The number of fused-ring (bicyclic) bond motifs is 3. The molecule has 13 heteroatoms.